The van der Waals surface area contributed by atoms with Crippen molar-refractivity contribution in [2.75, 3.05) is 0 Å². The molecule has 0 amide bonds. The lowest BCUT2D eigenvalue weighted by Gasteiger charge is -2.07. The Morgan fingerprint density at radius 1 is 1.31 bits per heavy atom. The first-order valence-electron chi connectivity index (χ1n) is 4.84. The second-order valence-electron chi connectivity index (χ2n) is 3.82. The Balaban J connectivity index is 2.67. The highest BCUT2D eigenvalue weighted by atomic mass is 16.3. The van der Waals surface area contributed by atoms with Crippen LogP contribution in [0.15, 0.2) is 18.2 Å². The molecule has 0 heterocycles. The fraction of sp³-hybridized carbons (Fsp3) is 0.500. The molecule has 0 fully saturated rings. The van der Waals surface area contributed by atoms with E-state index in [4.69, 9.17) is 5.11 Å². The largest absolute Gasteiger partial charge is 0.393 e. The number of hydrogen-bond donors (Lipinski definition) is 1. The van der Waals surface area contributed by atoms with Crippen LogP contribution in [0.3, 0.4) is 0 Å². The third-order valence-electron chi connectivity index (χ3n) is 2.33. The highest BCUT2D eigenvalue weighted by Crippen LogP contribution is 2.13. The van der Waals surface area contributed by atoms with Crippen LogP contribution in [0.2, 0.25) is 0 Å². The van der Waals surface area contributed by atoms with E-state index in [1.807, 2.05) is 6.92 Å². The summed E-state index contributed by atoms with van der Waals surface area (Å²) in [5.41, 5.74) is 3.99. The zero-order valence-corrected chi connectivity index (χ0v) is 8.67. The van der Waals surface area contributed by atoms with Gasteiger partial charge in [-0.1, -0.05) is 23.8 Å². The van der Waals surface area contributed by atoms with Gasteiger partial charge >= 0.3 is 0 Å². The Morgan fingerprint density at radius 2 is 2.00 bits per heavy atom. The van der Waals surface area contributed by atoms with Crippen molar-refractivity contribution in [2.24, 2.45) is 0 Å². The van der Waals surface area contributed by atoms with E-state index in [-0.39, 0.29) is 6.10 Å². The molecule has 1 nitrogen and oxygen atoms in total. The maximum atomic E-state index is 9.16. The van der Waals surface area contributed by atoms with Crippen LogP contribution in [0.5, 0.6) is 0 Å². The van der Waals surface area contributed by atoms with E-state index in [2.05, 4.69) is 32.0 Å². The third-order valence-corrected chi connectivity index (χ3v) is 2.33. The SMILES string of the molecule is Cc1ccc(CC[C@H](C)O)c(C)c1. The minimum absolute atomic E-state index is 0.194. The van der Waals surface area contributed by atoms with Crippen LogP contribution >= 0.6 is 0 Å². The first kappa shape index (κ1) is 10.3. The number of aliphatic hydroxyl groups excluding tert-OH is 1. The minimum atomic E-state index is -0.194. The van der Waals surface area contributed by atoms with Crippen molar-refractivity contribution in [3.8, 4) is 0 Å². The lowest BCUT2D eigenvalue weighted by atomic mass is 10.0. The molecular formula is C12H18O. The van der Waals surface area contributed by atoms with Crippen molar-refractivity contribution in [1.82, 2.24) is 0 Å². The monoisotopic (exact) mass is 178 g/mol. The summed E-state index contributed by atoms with van der Waals surface area (Å²) in [6, 6.07) is 6.48. The molecule has 1 rings (SSSR count). The summed E-state index contributed by atoms with van der Waals surface area (Å²) in [5.74, 6) is 0. The Hall–Kier alpha value is -0.820. The number of hydrogen-bond acceptors (Lipinski definition) is 1. The van der Waals surface area contributed by atoms with E-state index in [9.17, 15) is 0 Å². The molecule has 72 valence electrons. The molecule has 0 radical (unpaired) electrons. The molecular weight excluding hydrogens is 160 g/mol. The van der Waals surface area contributed by atoms with Gasteiger partial charge in [-0.05, 0) is 44.7 Å². The van der Waals surface area contributed by atoms with Crippen LogP contribution in [0.4, 0.5) is 0 Å². The quantitative estimate of drug-likeness (QED) is 0.754. The molecule has 0 unspecified atom stereocenters. The van der Waals surface area contributed by atoms with Gasteiger partial charge in [0.05, 0.1) is 6.10 Å². The minimum Gasteiger partial charge on any atom is -0.393 e. The van der Waals surface area contributed by atoms with E-state index >= 15 is 0 Å². The second kappa shape index (κ2) is 4.43. The Morgan fingerprint density at radius 3 is 2.54 bits per heavy atom. The summed E-state index contributed by atoms with van der Waals surface area (Å²) in [5, 5.41) is 9.16. The van der Waals surface area contributed by atoms with Crippen LogP contribution < -0.4 is 0 Å². The zero-order chi connectivity index (χ0) is 9.84. The van der Waals surface area contributed by atoms with E-state index in [1.54, 1.807) is 0 Å². The summed E-state index contributed by atoms with van der Waals surface area (Å²) in [7, 11) is 0. The smallest absolute Gasteiger partial charge is 0.0515 e. The van der Waals surface area contributed by atoms with Crippen molar-refractivity contribution in [3.63, 3.8) is 0 Å². The van der Waals surface area contributed by atoms with Crippen LogP contribution in [0, 0.1) is 13.8 Å². The summed E-state index contributed by atoms with van der Waals surface area (Å²) in [4.78, 5) is 0. The zero-order valence-electron chi connectivity index (χ0n) is 8.67. The molecule has 0 aliphatic heterocycles. The van der Waals surface area contributed by atoms with Crippen LogP contribution in [-0.2, 0) is 6.42 Å². The Labute approximate surface area is 80.4 Å². The van der Waals surface area contributed by atoms with Gasteiger partial charge in [-0.2, -0.15) is 0 Å². The van der Waals surface area contributed by atoms with Crippen LogP contribution in [0.25, 0.3) is 0 Å². The molecule has 1 aromatic carbocycles. The summed E-state index contributed by atoms with van der Waals surface area (Å²) >= 11 is 0. The van der Waals surface area contributed by atoms with Gasteiger partial charge < -0.3 is 5.11 Å². The molecule has 0 saturated heterocycles. The molecule has 1 heteroatoms. The first-order valence-corrected chi connectivity index (χ1v) is 4.84. The predicted octanol–water partition coefficient (Wildman–Crippen LogP) is 2.62. The molecule has 13 heavy (non-hydrogen) atoms. The third kappa shape index (κ3) is 3.19. The first-order chi connectivity index (χ1) is 6.09. The molecule has 0 bridgehead atoms. The maximum absolute atomic E-state index is 9.16. The average Bonchev–Trinajstić information content (AvgIpc) is 2.02. The standard InChI is InChI=1S/C12H18O/c1-9-4-6-12(10(2)8-9)7-5-11(3)13/h4,6,8,11,13H,5,7H2,1-3H3/t11-/m0/s1. The predicted molar refractivity (Wildman–Crippen MR) is 55.9 cm³/mol. The maximum Gasteiger partial charge on any atom is 0.0515 e. The lowest BCUT2D eigenvalue weighted by molar-refractivity contribution is 0.185. The van der Waals surface area contributed by atoms with E-state index in [0.717, 1.165) is 12.8 Å². The molecule has 1 aromatic rings. The lowest BCUT2D eigenvalue weighted by Crippen LogP contribution is -2.02. The van der Waals surface area contributed by atoms with Gasteiger partial charge in [0.15, 0.2) is 0 Å². The highest BCUT2D eigenvalue weighted by Gasteiger charge is 2.00. The number of aliphatic hydroxyl groups is 1. The van der Waals surface area contributed by atoms with Crippen LogP contribution in [0.1, 0.15) is 30.0 Å². The normalized spacial score (nSPS) is 12.9. The molecule has 0 aliphatic rings. The van der Waals surface area contributed by atoms with Crippen molar-refractivity contribution < 1.29 is 5.11 Å². The van der Waals surface area contributed by atoms with Crippen molar-refractivity contribution >= 4 is 0 Å². The number of benzene rings is 1. The summed E-state index contributed by atoms with van der Waals surface area (Å²) < 4.78 is 0. The number of aryl methyl sites for hydroxylation is 3. The summed E-state index contributed by atoms with van der Waals surface area (Å²) in [6.45, 7) is 6.07. The Bertz CT molecular complexity index is 276. The van der Waals surface area contributed by atoms with Gasteiger partial charge in [-0.25, -0.2) is 0 Å². The van der Waals surface area contributed by atoms with Gasteiger partial charge in [-0.15, -0.1) is 0 Å². The van der Waals surface area contributed by atoms with E-state index in [0.29, 0.717) is 0 Å². The van der Waals surface area contributed by atoms with Crippen molar-refractivity contribution in [2.45, 2.75) is 39.7 Å². The number of rotatable bonds is 3. The van der Waals surface area contributed by atoms with Gasteiger partial charge in [0.25, 0.3) is 0 Å². The molecule has 1 atom stereocenters. The van der Waals surface area contributed by atoms with Gasteiger partial charge in [-0.3, -0.25) is 0 Å². The van der Waals surface area contributed by atoms with Crippen LogP contribution in [-0.4, -0.2) is 11.2 Å². The molecule has 1 N–H and O–H groups in total. The van der Waals surface area contributed by atoms with Crippen molar-refractivity contribution in [1.29, 1.82) is 0 Å². The highest BCUT2D eigenvalue weighted by molar-refractivity contribution is 5.30. The average molecular weight is 178 g/mol. The van der Waals surface area contributed by atoms with Gasteiger partial charge in [0.1, 0.15) is 0 Å². The van der Waals surface area contributed by atoms with Gasteiger partial charge in [0, 0.05) is 0 Å². The fourth-order valence-corrected chi connectivity index (χ4v) is 1.49. The van der Waals surface area contributed by atoms with Crippen molar-refractivity contribution in [3.05, 3.63) is 34.9 Å². The molecule has 0 saturated carbocycles. The van der Waals surface area contributed by atoms with E-state index in [1.165, 1.54) is 16.7 Å². The Kier molecular flexibility index (Phi) is 3.49. The molecule has 0 spiro atoms. The topological polar surface area (TPSA) is 20.2 Å². The summed E-state index contributed by atoms with van der Waals surface area (Å²) in [6.07, 6.45) is 1.63. The van der Waals surface area contributed by atoms with Gasteiger partial charge in [0.2, 0.25) is 0 Å². The second-order valence-corrected chi connectivity index (χ2v) is 3.82. The fourth-order valence-electron chi connectivity index (χ4n) is 1.49. The molecule has 0 aromatic heterocycles. The molecule has 0 aliphatic carbocycles. The van der Waals surface area contributed by atoms with E-state index < -0.39 is 0 Å².